The van der Waals surface area contributed by atoms with Crippen LogP contribution in [0.1, 0.15) is 10.4 Å². The Balaban J connectivity index is 3.32. The molecule has 0 saturated heterocycles. The first-order chi connectivity index (χ1) is 8.15. The molecule has 1 rings (SSSR count). The van der Waals surface area contributed by atoms with Gasteiger partial charge in [0.05, 0.1) is 4.47 Å². The summed E-state index contributed by atoms with van der Waals surface area (Å²) < 4.78 is 30.0. The molecule has 5 nitrogen and oxygen atoms in total. The highest BCUT2D eigenvalue weighted by Gasteiger charge is 2.43. The minimum Gasteiger partial charge on any atom is -0.478 e. The average molecular weight is 390 g/mol. The molecule has 0 atom stereocenters. The number of aliphatic carboxylic acids is 1. The summed E-state index contributed by atoms with van der Waals surface area (Å²) in [4.78, 5) is 21.1. The molecule has 2 N–H and O–H groups in total. The molecule has 0 unspecified atom stereocenters. The maximum atomic E-state index is 12.9. The van der Waals surface area contributed by atoms with Gasteiger partial charge in [-0.1, -0.05) is 15.9 Å². The number of hydrogen-bond acceptors (Lipinski definition) is 3. The molecule has 0 spiro atoms. The second-order valence-corrected chi connectivity index (χ2v) is 4.76. The van der Waals surface area contributed by atoms with Crippen LogP contribution in [0.3, 0.4) is 0 Å². The summed E-state index contributed by atoms with van der Waals surface area (Å²) in [6, 6.07) is 2.26. The summed E-state index contributed by atoms with van der Waals surface area (Å²) in [5.41, 5.74) is -0.600. The minimum atomic E-state index is -4.53. The Bertz CT molecular complexity index is 518. The van der Waals surface area contributed by atoms with Crippen molar-refractivity contribution in [3.63, 3.8) is 0 Å². The summed E-state index contributed by atoms with van der Waals surface area (Å²) in [7, 11) is 0. The van der Waals surface area contributed by atoms with Gasteiger partial charge in [-0.15, -0.1) is 0 Å². The highest BCUT2D eigenvalue weighted by Crippen LogP contribution is 2.36. The predicted molar refractivity (Wildman–Crippen MR) is 62.0 cm³/mol. The molecule has 1 aromatic carbocycles. The van der Waals surface area contributed by atoms with Gasteiger partial charge in [0.25, 0.3) is 0 Å². The molecule has 1 aromatic rings. The first-order valence-electron chi connectivity index (χ1n) is 4.17. The molecule has 18 heavy (non-hydrogen) atoms. The second kappa shape index (κ2) is 5.19. The van der Waals surface area contributed by atoms with Crippen LogP contribution in [0.2, 0.25) is 0 Å². The molecule has 0 amide bonds. The fourth-order valence-electron chi connectivity index (χ4n) is 0.995. The normalized spacial score (nSPS) is 11.1. The minimum absolute atomic E-state index is 0.116. The summed E-state index contributed by atoms with van der Waals surface area (Å²) in [6.45, 7) is 0. The third-order valence-corrected chi connectivity index (χ3v) is 2.76. The van der Waals surface area contributed by atoms with Crippen molar-refractivity contribution in [1.82, 2.24) is 0 Å². The van der Waals surface area contributed by atoms with E-state index in [1.54, 1.807) is 0 Å². The molecule has 0 aliphatic heterocycles. The van der Waals surface area contributed by atoms with Crippen molar-refractivity contribution in [3.05, 3.63) is 26.6 Å². The highest BCUT2D eigenvalue weighted by molar-refractivity contribution is 9.11. The van der Waals surface area contributed by atoms with Crippen molar-refractivity contribution in [2.24, 2.45) is 0 Å². The maximum absolute atomic E-state index is 12.9. The molecular formula is C9H4Br2F2O5. The number of hydrogen-bond donors (Lipinski definition) is 2. The van der Waals surface area contributed by atoms with E-state index in [1.165, 1.54) is 6.07 Å². The molecule has 0 aliphatic rings. The molecular weight excluding hydrogens is 386 g/mol. The Hall–Kier alpha value is -1.22. The average Bonchev–Trinajstić information content (AvgIpc) is 2.21. The molecule has 0 aliphatic carbocycles. The Morgan fingerprint density at radius 2 is 1.78 bits per heavy atom. The van der Waals surface area contributed by atoms with Crippen molar-refractivity contribution in [2.45, 2.75) is 6.11 Å². The molecule has 9 heteroatoms. The van der Waals surface area contributed by atoms with Gasteiger partial charge in [-0.2, -0.15) is 8.78 Å². The first kappa shape index (κ1) is 14.8. The topological polar surface area (TPSA) is 83.8 Å². The number of carbonyl (C=O) groups is 2. The van der Waals surface area contributed by atoms with E-state index in [1.807, 2.05) is 0 Å². The largest absolute Gasteiger partial charge is 0.501 e. The summed E-state index contributed by atoms with van der Waals surface area (Å²) in [5.74, 6) is -4.82. The smallest absolute Gasteiger partial charge is 0.478 e. The van der Waals surface area contributed by atoms with Crippen molar-refractivity contribution in [3.8, 4) is 5.75 Å². The van der Waals surface area contributed by atoms with Crippen LogP contribution in [0.25, 0.3) is 0 Å². The Kier molecular flexibility index (Phi) is 4.28. The Labute approximate surface area is 116 Å². The van der Waals surface area contributed by atoms with E-state index < -0.39 is 29.4 Å². The summed E-state index contributed by atoms with van der Waals surface area (Å²) in [5, 5.41) is 17.1. The second-order valence-electron chi connectivity index (χ2n) is 2.99. The van der Waals surface area contributed by atoms with Gasteiger partial charge >= 0.3 is 18.0 Å². The lowest BCUT2D eigenvalue weighted by atomic mass is 10.2. The van der Waals surface area contributed by atoms with Crippen LogP contribution < -0.4 is 4.74 Å². The van der Waals surface area contributed by atoms with E-state index in [-0.39, 0.29) is 4.47 Å². The number of carboxylic acid groups (broad SMARTS) is 2. The van der Waals surface area contributed by atoms with Crippen molar-refractivity contribution >= 4 is 43.8 Å². The lowest BCUT2D eigenvalue weighted by Gasteiger charge is -2.16. The van der Waals surface area contributed by atoms with Gasteiger partial charge in [0, 0.05) is 4.47 Å². The van der Waals surface area contributed by atoms with Crippen molar-refractivity contribution < 1.29 is 33.3 Å². The first-order valence-corrected chi connectivity index (χ1v) is 5.76. The monoisotopic (exact) mass is 388 g/mol. The zero-order valence-electron chi connectivity index (χ0n) is 8.29. The third-order valence-electron chi connectivity index (χ3n) is 1.72. The van der Waals surface area contributed by atoms with Crippen molar-refractivity contribution in [1.29, 1.82) is 0 Å². The number of aromatic carboxylic acids is 1. The molecule has 0 saturated carbocycles. The standard InChI is InChI=1S/C9H4Br2F2O5/c10-3-1-4(7(14)15)6(5(11)2-3)18-9(12,13)8(16)17/h1-2H,(H,14,15)(H,16,17). The van der Waals surface area contributed by atoms with E-state index in [0.717, 1.165) is 6.07 Å². The summed E-state index contributed by atoms with van der Waals surface area (Å²) >= 11 is 5.79. The van der Waals surface area contributed by atoms with E-state index in [0.29, 0.717) is 4.47 Å². The fourth-order valence-corrected chi connectivity index (χ4v) is 2.30. The number of ether oxygens (including phenoxy) is 1. The van der Waals surface area contributed by atoms with Crippen LogP contribution in [0.15, 0.2) is 21.1 Å². The Morgan fingerprint density at radius 3 is 2.22 bits per heavy atom. The van der Waals surface area contributed by atoms with E-state index in [4.69, 9.17) is 10.2 Å². The van der Waals surface area contributed by atoms with Crippen LogP contribution in [-0.2, 0) is 4.79 Å². The summed E-state index contributed by atoms with van der Waals surface area (Å²) in [6.07, 6.45) is -4.53. The van der Waals surface area contributed by atoms with E-state index >= 15 is 0 Å². The van der Waals surface area contributed by atoms with Crippen LogP contribution in [0, 0.1) is 0 Å². The van der Waals surface area contributed by atoms with Gasteiger partial charge in [0.1, 0.15) is 5.56 Å². The van der Waals surface area contributed by atoms with Crippen LogP contribution >= 0.6 is 31.9 Å². The van der Waals surface area contributed by atoms with E-state index in [9.17, 15) is 18.4 Å². The van der Waals surface area contributed by atoms with Gasteiger partial charge in [-0.3, -0.25) is 0 Å². The molecule has 98 valence electrons. The third kappa shape index (κ3) is 3.16. The van der Waals surface area contributed by atoms with Gasteiger partial charge in [0.15, 0.2) is 5.75 Å². The molecule has 0 fully saturated rings. The highest BCUT2D eigenvalue weighted by atomic mass is 79.9. The fraction of sp³-hybridized carbons (Fsp3) is 0.111. The maximum Gasteiger partial charge on any atom is 0.501 e. The zero-order valence-corrected chi connectivity index (χ0v) is 11.5. The lowest BCUT2D eigenvalue weighted by Crippen LogP contribution is -2.35. The van der Waals surface area contributed by atoms with Crippen LogP contribution in [0.4, 0.5) is 8.78 Å². The van der Waals surface area contributed by atoms with Crippen LogP contribution in [0.5, 0.6) is 5.75 Å². The molecule has 0 aromatic heterocycles. The zero-order chi connectivity index (χ0) is 14.1. The number of benzene rings is 1. The van der Waals surface area contributed by atoms with Crippen LogP contribution in [-0.4, -0.2) is 28.3 Å². The predicted octanol–water partition coefficient (Wildman–Crippen LogP) is 2.97. The van der Waals surface area contributed by atoms with Gasteiger partial charge in [-0.25, -0.2) is 9.59 Å². The number of alkyl halides is 2. The number of carboxylic acids is 2. The Morgan fingerprint density at radius 1 is 1.22 bits per heavy atom. The van der Waals surface area contributed by atoms with Crippen molar-refractivity contribution in [2.75, 3.05) is 0 Å². The SMILES string of the molecule is O=C(O)c1cc(Br)cc(Br)c1OC(F)(F)C(=O)O. The molecule has 0 bridgehead atoms. The molecule has 0 heterocycles. The van der Waals surface area contributed by atoms with Gasteiger partial charge in [-0.05, 0) is 28.1 Å². The lowest BCUT2D eigenvalue weighted by molar-refractivity contribution is -0.211. The van der Waals surface area contributed by atoms with Gasteiger partial charge < -0.3 is 14.9 Å². The number of halogens is 4. The van der Waals surface area contributed by atoms with E-state index in [2.05, 4.69) is 36.6 Å². The quantitative estimate of drug-likeness (QED) is 0.827. The molecule has 0 radical (unpaired) electrons. The number of rotatable bonds is 4. The van der Waals surface area contributed by atoms with Gasteiger partial charge in [0.2, 0.25) is 0 Å².